The van der Waals surface area contributed by atoms with Gasteiger partial charge >= 0.3 is 0 Å². The van der Waals surface area contributed by atoms with E-state index >= 15 is 0 Å². The van der Waals surface area contributed by atoms with Gasteiger partial charge in [0, 0.05) is 10.6 Å². The Hall–Kier alpha value is -2.26. The first-order valence-corrected chi connectivity index (χ1v) is 6.56. The van der Waals surface area contributed by atoms with E-state index in [1.165, 1.54) is 0 Å². The van der Waals surface area contributed by atoms with Gasteiger partial charge in [0.1, 0.15) is 13.0 Å². The molecule has 20 heavy (non-hydrogen) atoms. The molecule has 0 radical (unpaired) electrons. The van der Waals surface area contributed by atoms with E-state index in [4.69, 9.17) is 16.0 Å². The highest BCUT2D eigenvalue weighted by atomic mass is 35.5. The Morgan fingerprint density at radius 1 is 0.950 bits per heavy atom. The molecule has 0 saturated heterocycles. The summed E-state index contributed by atoms with van der Waals surface area (Å²) < 4.78 is 7.16. The quantitative estimate of drug-likeness (QED) is 0.679. The molecule has 1 aromatic heterocycles. The Morgan fingerprint density at radius 3 is 2.25 bits per heavy atom. The lowest BCUT2D eigenvalue weighted by Gasteiger charge is -1.99. The molecule has 0 spiro atoms. The Balaban J connectivity index is 2.14. The van der Waals surface area contributed by atoms with Crippen LogP contribution < -0.4 is 9.67 Å². The lowest BCUT2D eigenvalue weighted by Crippen LogP contribution is -2.31. The van der Waals surface area contributed by atoms with Crippen LogP contribution in [-0.2, 0) is 7.05 Å². The fourth-order valence-corrected chi connectivity index (χ4v) is 2.32. The van der Waals surface area contributed by atoms with Gasteiger partial charge in [-0.3, -0.25) is 0 Å². The molecule has 1 heterocycles. The molecule has 100 valence electrons. The summed E-state index contributed by atoms with van der Waals surface area (Å²) in [6.45, 7) is 0. The number of halogens is 1. The molecule has 2 aromatic carbocycles. The van der Waals surface area contributed by atoms with Gasteiger partial charge in [0.15, 0.2) is 0 Å². The van der Waals surface area contributed by atoms with Crippen molar-refractivity contribution < 1.29 is 14.1 Å². The van der Waals surface area contributed by atoms with Crippen LogP contribution in [-0.4, -0.2) is 0 Å². The highest BCUT2D eigenvalue weighted by Gasteiger charge is 2.20. The molecule has 0 atom stereocenters. The number of aromatic nitrogens is 1. The molecular formula is C16H12ClNO2. The van der Waals surface area contributed by atoms with Crippen molar-refractivity contribution in [3.8, 4) is 28.7 Å². The van der Waals surface area contributed by atoms with E-state index in [2.05, 4.69) is 0 Å². The Kier molecular flexibility index (Phi) is 3.20. The second-order valence-electron chi connectivity index (χ2n) is 4.48. The number of benzene rings is 2. The van der Waals surface area contributed by atoms with E-state index in [-0.39, 0.29) is 5.95 Å². The summed E-state index contributed by atoms with van der Waals surface area (Å²) in [7, 11) is 1.82. The van der Waals surface area contributed by atoms with Crippen LogP contribution >= 0.6 is 11.6 Å². The van der Waals surface area contributed by atoms with Gasteiger partial charge in [-0.25, -0.2) is 0 Å². The zero-order valence-corrected chi connectivity index (χ0v) is 11.6. The summed E-state index contributed by atoms with van der Waals surface area (Å²) in [5.74, 6) is 0.189. The van der Waals surface area contributed by atoms with Crippen molar-refractivity contribution >= 4 is 11.6 Å². The van der Waals surface area contributed by atoms with Crippen molar-refractivity contribution in [1.82, 2.24) is 0 Å². The lowest BCUT2D eigenvalue weighted by molar-refractivity contribution is -0.652. The predicted octanol–water partition coefficient (Wildman–Crippen LogP) is 3.17. The van der Waals surface area contributed by atoms with E-state index in [1.807, 2.05) is 49.5 Å². The first-order chi connectivity index (χ1) is 9.66. The van der Waals surface area contributed by atoms with Crippen molar-refractivity contribution in [1.29, 1.82) is 0 Å². The van der Waals surface area contributed by atoms with Crippen LogP contribution in [0.15, 0.2) is 59.0 Å². The minimum absolute atomic E-state index is 0.353. The van der Waals surface area contributed by atoms with Gasteiger partial charge in [0.25, 0.3) is 5.89 Å². The summed E-state index contributed by atoms with van der Waals surface area (Å²) in [4.78, 5) is 0. The standard InChI is InChI=1S/C16H12ClNO2/c1-18-14(11-7-9-13(17)10-8-11)16(19)20-15(18)12-5-3-2-4-6-12/h2-10H,1H3. The molecule has 0 N–H and O–H groups in total. The van der Waals surface area contributed by atoms with Crippen LogP contribution in [0.3, 0.4) is 0 Å². The summed E-state index contributed by atoms with van der Waals surface area (Å²) in [6.07, 6.45) is 0. The second kappa shape index (κ2) is 5.02. The lowest BCUT2D eigenvalue weighted by atomic mass is 10.1. The van der Waals surface area contributed by atoms with Crippen LogP contribution in [0.4, 0.5) is 0 Å². The third-order valence-corrected chi connectivity index (χ3v) is 3.41. The molecule has 0 bridgehead atoms. The molecular weight excluding hydrogens is 274 g/mol. The van der Waals surface area contributed by atoms with Gasteiger partial charge in [-0.05, 0) is 36.4 Å². The molecule has 3 nitrogen and oxygen atoms in total. The number of rotatable bonds is 2. The maximum atomic E-state index is 12.1. The minimum atomic E-state index is -0.353. The topological polar surface area (TPSA) is 40.1 Å². The Bertz CT molecular complexity index is 733. The Labute approximate surface area is 121 Å². The smallest absolute Gasteiger partial charge is 0.269 e. The van der Waals surface area contributed by atoms with Crippen LogP contribution in [0.25, 0.3) is 22.7 Å². The molecule has 0 aliphatic heterocycles. The minimum Gasteiger partial charge on any atom is -0.540 e. The van der Waals surface area contributed by atoms with Crippen LogP contribution in [0.2, 0.25) is 5.02 Å². The normalized spacial score (nSPS) is 10.7. The third kappa shape index (κ3) is 2.17. The maximum Gasteiger partial charge on any atom is 0.269 e. The first kappa shape index (κ1) is 12.8. The summed E-state index contributed by atoms with van der Waals surface area (Å²) in [5.41, 5.74) is 2.17. The highest BCUT2D eigenvalue weighted by molar-refractivity contribution is 6.30. The van der Waals surface area contributed by atoms with E-state index in [0.717, 1.165) is 11.1 Å². The fraction of sp³-hybridized carbons (Fsp3) is 0.0625. The number of oxazole rings is 1. The van der Waals surface area contributed by atoms with Gasteiger partial charge in [0.2, 0.25) is 5.69 Å². The first-order valence-electron chi connectivity index (χ1n) is 6.18. The molecule has 3 aromatic rings. The molecule has 0 aliphatic rings. The van der Waals surface area contributed by atoms with Crippen LogP contribution in [0, 0.1) is 0 Å². The molecule has 4 heteroatoms. The van der Waals surface area contributed by atoms with Crippen molar-refractivity contribution in [3.05, 3.63) is 59.6 Å². The van der Waals surface area contributed by atoms with Crippen molar-refractivity contribution in [2.75, 3.05) is 0 Å². The molecule has 0 fully saturated rings. The SMILES string of the molecule is C[n+]1c(-c2ccccc2)oc([O-])c1-c1ccc(Cl)cc1. The fourth-order valence-electron chi connectivity index (χ4n) is 2.20. The maximum absolute atomic E-state index is 12.1. The van der Waals surface area contributed by atoms with Crippen molar-refractivity contribution in [3.63, 3.8) is 0 Å². The van der Waals surface area contributed by atoms with Crippen molar-refractivity contribution in [2.45, 2.75) is 0 Å². The second-order valence-corrected chi connectivity index (χ2v) is 4.91. The summed E-state index contributed by atoms with van der Waals surface area (Å²) in [5, 5.41) is 12.7. The molecule has 0 aliphatic carbocycles. The largest absolute Gasteiger partial charge is 0.540 e. The van der Waals surface area contributed by atoms with E-state index < -0.39 is 0 Å². The van der Waals surface area contributed by atoms with Crippen molar-refractivity contribution in [2.24, 2.45) is 7.05 Å². The molecule has 0 saturated carbocycles. The van der Waals surface area contributed by atoms with Crippen LogP contribution in [0.1, 0.15) is 0 Å². The molecule has 0 unspecified atom stereocenters. The molecule has 3 rings (SSSR count). The zero-order valence-electron chi connectivity index (χ0n) is 10.8. The van der Waals surface area contributed by atoms with Crippen LogP contribution in [0.5, 0.6) is 5.95 Å². The van der Waals surface area contributed by atoms with Gasteiger partial charge in [-0.15, -0.1) is 0 Å². The Morgan fingerprint density at radius 2 is 1.60 bits per heavy atom. The zero-order chi connectivity index (χ0) is 14.1. The van der Waals surface area contributed by atoms with E-state index in [1.54, 1.807) is 16.7 Å². The summed E-state index contributed by atoms with van der Waals surface area (Å²) in [6, 6.07) is 16.7. The predicted molar refractivity (Wildman–Crippen MR) is 75.2 cm³/mol. The van der Waals surface area contributed by atoms with E-state index in [9.17, 15) is 5.11 Å². The molecule has 0 amide bonds. The number of hydrogen-bond donors (Lipinski definition) is 0. The number of nitrogens with zero attached hydrogens (tertiary/aromatic N) is 1. The average molecular weight is 286 g/mol. The monoisotopic (exact) mass is 285 g/mol. The van der Waals surface area contributed by atoms with Gasteiger partial charge < -0.3 is 9.52 Å². The highest BCUT2D eigenvalue weighted by Crippen LogP contribution is 2.30. The average Bonchev–Trinajstić information content (AvgIpc) is 2.76. The summed E-state index contributed by atoms with van der Waals surface area (Å²) >= 11 is 5.87. The van der Waals surface area contributed by atoms with Gasteiger partial charge in [0.05, 0.1) is 5.56 Å². The van der Waals surface area contributed by atoms with Gasteiger partial charge in [-0.2, -0.15) is 4.57 Å². The van der Waals surface area contributed by atoms with E-state index in [0.29, 0.717) is 16.6 Å². The number of hydrogen-bond acceptors (Lipinski definition) is 2. The van der Waals surface area contributed by atoms with Gasteiger partial charge in [-0.1, -0.05) is 29.8 Å². The third-order valence-electron chi connectivity index (χ3n) is 3.16.